The van der Waals surface area contributed by atoms with Crippen LogP contribution in [0.1, 0.15) is 22.8 Å². The smallest absolute Gasteiger partial charge is 0.339 e. The summed E-state index contributed by atoms with van der Waals surface area (Å²) in [6.45, 7) is 1.99. The Labute approximate surface area is 230 Å². The van der Waals surface area contributed by atoms with Crippen molar-refractivity contribution in [1.29, 1.82) is 0 Å². The number of carbonyl (C=O) groups is 2. The van der Waals surface area contributed by atoms with Crippen molar-refractivity contribution in [1.82, 2.24) is 10.3 Å². The third-order valence-corrected chi connectivity index (χ3v) is 6.84. The number of para-hydroxylation sites is 1. The van der Waals surface area contributed by atoms with Gasteiger partial charge < -0.3 is 24.3 Å². The summed E-state index contributed by atoms with van der Waals surface area (Å²) in [6.07, 6.45) is -1.01. The van der Waals surface area contributed by atoms with Crippen molar-refractivity contribution in [3.05, 3.63) is 96.1 Å². The number of pyridine rings is 1. The molecule has 0 saturated carbocycles. The van der Waals surface area contributed by atoms with Gasteiger partial charge in [-0.1, -0.05) is 42.5 Å². The number of amides is 1. The quantitative estimate of drug-likeness (QED) is 0.270. The average Bonchev–Trinajstić information content (AvgIpc) is 3.46. The highest BCUT2D eigenvalue weighted by Crippen LogP contribution is 2.33. The topological polar surface area (TPSA) is 96.0 Å². The number of methoxy groups -OCH3 is 1. The molecule has 1 atom stereocenters. The van der Waals surface area contributed by atoms with Crippen molar-refractivity contribution in [2.45, 2.75) is 19.6 Å². The summed E-state index contributed by atoms with van der Waals surface area (Å²) in [5.74, 6) is 1.08. The number of carbonyl (C=O) groups excluding carboxylic acids is 2. The van der Waals surface area contributed by atoms with Gasteiger partial charge in [-0.05, 0) is 65.7 Å². The van der Waals surface area contributed by atoms with Crippen LogP contribution in [-0.4, -0.2) is 36.9 Å². The Kier molecular flexibility index (Phi) is 6.66. The SMILES string of the molecule is COc1ccc2cc(-c3cc(C(=O)OC(C)C(=O)NCc4ccc5c(c4)OCO5)c4ccccc4n3)ccc2c1. The zero-order valence-corrected chi connectivity index (χ0v) is 22.0. The van der Waals surface area contributed by atoms with E-state index >= 15 is 0 Å². The monoisotopic (exact) mass is 534 g/mol. The number of aromatic nitrogens is 1. The van der Waals surface area contributed by atoms with Crippen molar-refractivity contribution in [2.75, 3.05) is 13.9 Å². The van der Waals surface area contributed by atoms with E-state index in [0.717, 1.165) is 27.6 Å². The number of hydrogen-bond acceptors (Lipinski definition) is 7. The van der Waals surface area contributed by atoms with Gasteiger partial charge in [-0.2, -0.15) is 0 Å². The van der Waals surface area contributed by atoms with E-state index in [4.69, 9.17) is 23.9 Å². The molecule has 0 fully saturated rings. The van der Waals surface area contributed by atoms with Crippen molar-refractivity contribution < 1.29 is 28.5 Å². The summed E-state index contributed by atoms with van der Waals surface area (Å²) in [5, 5.41) is 5.51. The number of fused-ring (bicyclic) bond motifs is 3. The minimum absolute atomic E-state index is 0.180. The van der Waals surface area contributed by atoms with Crippen LogP contribution in [0.4, 0.5) is 0 Å². The predicted octanol–water partition coefficient (Wildman–Crippen LogP) is 5.65. The molecule has 0 saturated heterocycles. The number of hydrogen-bond donors (Lipinski definition) is 1. The van der Waals surface area contributed by atoms with E-state index in [1.165, 1.54) is 0 Å². The van der Waals surface area contributed by atoms with Crippen molar-refractivity contribution in [3.63, 3.8) is 0 Å². The molecule has 1 amide bonds. The fraction of sp³-hybridized carbons (Fsp3) is 0.156. The van der Waals surface area contributed by atoms with Gasteiger partial charge in [0.05, 0.1) is 23.9 Å². The highest BCUT2D eigenvalue weighted by molar-refractivity contribution is 6.05. The average molecular weight is 535 g/mol. The highest BCUT2D eigenvalue weighted by atomic mass is 16.7. The Morgan fingerprint density at radius 3 is 2.60 bits per heavy atom. The van der Waals surface area contributed by atoms with E-state index in [-0.39, 0.29) is 13.3 Å². The standard InChI is InChI=1S/C32H26N2O6/c1-19(31(35)33-17-20-7-12-29-30(13-20)39-18-38-29)40-32(36)26-16-28(34-27-6-4-3-5-25(26)27)23-9-8-22-15-24(37-2)11-10-21(22)14-23/h3-16,19H,17-18H2,1-2H3,(H,33,35). The molecule has 1 aliphatic rings. The summed E-state index contributed by atoms with van der Waals surface area (Å²) in [4.78, 5) is 30.9. The van der Waals surface area contributed by atoms with E-state index in [1.54, 1.807) is 26.2 Å². The lowest BCUT2D eigenvalue weighted by atomic mass is 10.0. The van der Waals surface area contributed by atoms with Gasteiger partial charge in [0.15, 0.2) is 17.6 Å². The van der Waals surface area contributed by atoms with Crippen molar-refractivity contribution >= 4 is 33.6 Å². The van der Waals surface area contributed by atoms with Gasteiger partial charge in [-0.25, -0.2) is 9.78 Å². The first kappa shape index (κ1) is 25.2. The van der Waals surface area contributed by atoms with E-state index in [2.05, 4.69) is 5.32 Å². The normalized spacial score (nSPS) is 12.8. The Morgan fingerprint density at radius 2 is 1.73 bits per heavy atom. The first-order valence-corrected chi connectivity index (χ1v) is 12.8. The zero-order chi connectivity index (χ0) is 27.6. The second-order valence-corrected chi connectivity index (χ2v) is 9.45. The van der Waals surface area contributed by atoms with Crippen LogP contribution in [0.25, 0.3) is 32.9 Å². The molecule has 1 N–H and O–H groups in total. The minimum Gasteiger partial charge on any atom is -0.497 e. The molecule has 1 aliphatic heterocycles. The maximum atomic E-state index is 13.4. The van der Waals surface area contributed by atoms with E-state index in [9.17, 15) is 9.59 Å². The second kappa shape index (κ2) is 10.6. The molecule has 5 aromatic rings. The molecule has 40 heavy (non-hydrogen) atoms. The lowest BCUT2D eigenvalue weighted by molar-refractivity contribution is -0.129. The van der Waals surface area contributed by atoms with Crippen LogP contribution in [0, 0.1) is 0 Å². The zero-order valence-electron chi connectivity index (χ0n) is 22.0. The number of benzene rings is 4. The van der Waals surface area contributed by atoms with Gasteiger partial charge in [0, 0.05) is 17.5 Å². The van der Waals surface area contributed by atoms with E-state index < -0.39 is 18.0 Å². The Morgan fingerprint density at radius 1 is 0.925 bits per heavy atom. The molecule has 8 nitrogen and oxygen atoms in total. The van der Waals surface area contributed by atoms with Gasteiger partial charge in [0.25, 0.3) is 5.91 Å². The van der Waals surface area contributed by atoms with Crippen LogP contribution >= 0.6 is 0 Å². The van der Waals surface area contributed by atoms with Crippen LogP contribution in [0.3, 0.4) is 0 Å². The van der Waals surface area contributed by atoms with Crippen LogP contribution in [0.15, 0.2) is 84.9 Å². The molecule has 0 aliphatic carbocycles. The van der Waals surface area contributed by atoms with Gasteiger partial charge in [-0.15, -0.1) is 0 Å². The molecule has 0 bridgehead atoms. The van der Waals surface area contributed by atoms with E-state index in [1.807, 2.05) is 72.8 Å². The molecule has 0 spiro atoms. The molecule has 4 aromatic carbocycles. The van der Waals surface area contributed by atoms with Gasteiger partial charge in [0.2, 0.25) is 6.79 Å². The number of ether oxygens (including phenoxy) is 4. The van der Waals surface area contributed by atoms with E-state index in [0.29, 0.717) is 33.7 Å². The fourth-order valence-electron chi connectivity index (χ4n) is 4.66. The van der Waals surface area contributed by atoms with Crippen LogP contribution in [0.2, 0.25) is 0 Å². The maximum Gasteiger partial charge on any atom is 0.339 e. The predicted molar refractivity (Wildman–Crippen MR) is 151 cm³/mol. The Bertz CT molecular complexity index is 1770. The molecular formula is C32H26N2O6. The number of esters is 1. The third-order valence-electron chi connectivity index (χ3n) is 6.84. The van der Waals surface area contributed by atoms with Crippen molar-refractivity contribution in [2.24, 2.45) is 0 Å². The van der Waals surface area contributed by atoms with Gasteiger partial charge in [0.1, 0.15) is 5.75 Å². The molecule has 0 radical (unpaired) electrons. The minimum atomic E-state index is -1.01. The summed E-state index contributed by atoms with van der Waals surface area (Å²) < 4.78 is 21.7. The van der Waals surface area contributed by atoms with Gasteiger partial charge >= 0.3 is 5.97 Å². The third kappa shape index (κ3) is 4.99. The fourth-order valence-corrected chi connectivity index (χ4v) is 4.66. The molecule has 8 heteroatoms. The number of nitrogens with zero attached hydrogens (tertiary/aromatic N) is 1. The van der Waals surface area contributed by atoms with Gasteiger partial charge in [-0.3, -0.25) is 4.79 Å². The molecule has 6 rings (SSSR count). The maximum absolute atomic E-state index is 13.4. The van der Waals surface area contributed by atoms with Crippen molar-refractivity contribution in [3.8, 4) is 28.5 Å². The Hall–Kier alpha value is -5.11. The lowest BCUT2D eigenvalue weighted by Crippen LogP contribution is -2.35. The number of rotatable bonds is 7. The molecular weight excluding hydrogens is 508 g/mol. The first-order chi connectivity index (χ1) is 19.5. The first-order valence-electron chi connectivity index (χ1n) is 12.8. The summed E-state index contributed by atoms with van der Waals surface area (Å²) in [6, 6.07) is 26.4. The van der Waals surface area contributed by atoms with Crippen LogP contribution in [-0.2, 0) is 16.1 Å². The second-order valence-electron chi connectivity index (χ2n) is 9.45. The summed E-state index contributed by atoms with van der Waals surface area (Å²) >= 11 is 0. The summed E-state index contributed by atoms with van der Waals surface area (Å²) in [5.41, 5.74) is 3.32. The lowest BCUT2D eigenvalue weighted by Gasteiger charge is -2.15. The molecule has 1 aromatic heterocycles. The molecule has 1 unspecified atom stereocenters. The molecule has 2 heterocycles. The largest absolute Gasteiger partial charge is 0.497 e. The molecule has 200 valence electrons. The van der Waals surface area contributed by atoms with Crippen LogP contribution < -0.4 is 19.5 Å². The highest BCUT2D eigenvalue weighted by Gasteiger charge is 2.22. The van der Waals surface area contributed by atoms with Crippen LogP contribution in [0.5, 0.6) is 17.2 Å². The summed E-state index contributed by atoms with van der Waals surface area (Å²) in [7, 11) is 1.64. The number of nitrogens with one attached hydrogen (secondary N) is 1. The Balaban J connectivity index is 1.22.